The molecular formula is C14H12BrN3O. The second-order valence-corrected chi connectivity index (χ2v) is 4.68. The second-order valence-electron chi connectivity index (χ2n) is 4.12. The first kappa shape index (κ1) is 12.2. The summed E-state index contributed by atoms with van der Waals surface area (Å²) in [5.41, 5.74) is 2.70. The van der Waals surface area contributed by atoms with Crippen LogP contribution in [0.4, 0.5) is 0 Å². The summed E-state index contributed by atoms with van der Waals surface area (Å²) in [6.07, 6.45) is 3.72. The number of alkyl halides is 1. The van der Waals surface area contributed by atoms with Crippen molar-refractivity contribution in [1.82, 2.24) is 14.4 Å². The molecule has 0 aliphatic rings. The molecule has 3 aromatic heterocycles. The maximum atomic E-state index is 5.89. The highest BCUT2D eigenvalue weighted by molar-refractivity contribution is 9.08. The minimum atomic E-state index is 0.610. The Balaban J connectivity index is 2.08. The highest BCUT2D eigenvalue weighted by Crippen LogP contribution is 2.28. The zero-order valence-electron chi connectivity index (χ0n) is 10.4. The van der Waals surface area contributed by atoms with Gasteiger partial charge in [0.15, 0.2) is 5.75 Å². The molecule has 5 heteroatoms. The third-order valence-electron chi connectivity index (χ3n) is 2.88. The van der Waals surface area contributed by atoms with Gasteiger partial charge in [-0.15, -0.1) is 0 Å². The van der Waals surface area contributed by atoms with E-state index in [9.17, 15) is 0 Å². The van der Waals surface area contributed by atoms with E-state index in [0.29, 0.717) is 11.2 Å². The molecule has 0 atom stereocenters. The van der Waals surface area contributed by atoms with Gasteiger partial charge in [0.25, 0.3) is 0 Å². The number of halogens is 1. The van der Waals surface area contributed by atoms with Crippen molar-refractivity contribution in [3.05, 3.63) is 54.1 Å². The molecule has 0 aromatic carbocycles. The molecule has 0 bridgehead atoms. The Labute approximate surface area is 119 Å². The van der Waals surface area contributed by atoms with Gasteiger partial charge in [0.2, 0.25) is 5.88 Å². The third-order valence-corrected chi connectivity index (χ3v) is 3.41. The topological polar surface area (TPSA) is 39.4 Å². The number of rotatable bonds is 3. The van der Waals surface area contributed by atoms with Gasteiger partial charge in [-0.3, -0.25) is 9.38 Å². The van der Waals surface area contributed by atoms with E-state index in [1.165, 1.54) is 0 Å². The molecule has 3 rings (SSSR count). The summed E-state index contributed by atoms with van der Waals surface area (Å²) in [4.78, 5) is 8.72. The van der Waals surface area contributed by atoms with Crippen molar-refractivity contribution in [2.24, 2.45) is 0 Å². The van der Waals surface area contributed by atoms with E-state index in [4.69, 9.17) is 4.74 Å². The minimum absolute atomic E-state index is 0.610. The van der Waals surface area contributed by atoms with E-state index in [2.05, 4.69) is 25.9 Å². The lowest BCUT2D eigenvalue weighted by atomic mass is 10.3. The minimum Gasteiger partial charge on any atom is -0.435 e. The summed E-state index contributed by atoms with van der Waals surface area (Å²) < 4.78 is 7.90. The van der Waals surface area contributed by atoms with Crippen LogP contribution in [0.5, 0.6) is 11.6 Å². The number of fused-ring (bicyclic) bond motifs is 1. The fourth-order valence-corrected chi connectivity index (χ4v) is 2.42. The Morgan fingerprint density at radius 1 is 1.26 bits per heavy atom. The average Bonchev–Trinajstić information content (AvgIpc) is 2.78. The highest BCUT2D eigenvalue weighted by Gasteiger charge is 2.13. The fourth-order valence-electron chi connectivity index (χ4n) is 1.91. The van der Waals surface area contributed by atoms with Crippen LogP contribution < -0.4 is 4.74 Å². The molecule has 0 saturated carbocycles. The van der Waals surface area contributed by atoms with Crippen molar-refractivity contribution >= 4 is 21.6 Å². The zero-order valence-corrected chi connectivity index (χ0v) is 12.0. The van der Waals surface area contributed by atoms with Crippen LogP contribution in [0.25, 0.3) is 5.65 Å². The summed E-state index contributed by atoms with van der Waals surface area (Å²) >= 11 is 3.48. The van der Waals surface area contributed by atoms with Crippen molar-refractivity contribution in [2.75, 3.05) is 0 Å². The Hall–Kier alpha value is -1.88. The van der Waals surface area contributed by atoms with E-state index in [1.807, 2.05) is 47.9 Å². The van der Waals surface area contributed by atoms with Crippen LogP contribution in [-0.4, -0.2) is 14.4 Å². The number of aryl methyl sites for hydroxylation is 1. The van der Waals surface area contributed by atoms with Gasteiger partial charge in [-0.25, -0.2) is 0 Å². The average molecular weight is 318 g/mol. The molecule has 0 aliphatic carbocycles. The molecule has 0 amide bonds. The summed E-state index contributed by atoms with van der Waals surface area (Å²) in [6.45, 7) is 1.92. The monoisotopic (exact) mass is 317 g/mol. The first-order valence-corrected chi connectivity index (χ1v) is 7.03. The number of aromatic nitrogens is 3. The summed E-state index contributed by atoms with van der Waals surface area (Å²) in [5, 5.41) is 0.673. The molecule has 96 valence electrons. The fraction of sp³-hybridized carbons (Fsp3) is 0.143. The standard InChI is InChI=1S/C14H12BrN3O/c1-10-12(5-4-7-16-10)19-14-11(9-15)18-8-3-2-6-13(18)17-14/h2-8H,9H2,1H3. The molecule has 3 heterocycles. The smallest absolute Gasteiger partial charge is 0.242 e. The molecule has 3 aromatic rings. The molecule has 0 fully saturated rings. The first-order chi connectivity index (χ1) is 9.29. The quantitative estimate of drug-likeness (QED) is 0.691. The van der Waals surface area contributed by atoms with Crippen LogP contribution in [-0.2, 0) is 5.33 Å². The summed E-state index contributed by atoms with van der Waals surface area (Å²) in [5.74, 6) is 1.34. The van der Waals surface area contributed by atoms with Crippen LogP contribution in [0, 0.1) is 6.92 Å². The number of hydrogen-bond acceptors (Lipinski definition) is 3. The van der Waals surface area contributed by atoms with Crippen LogP contribution in [0.3, 0.4) is 0 Å². The Kier molecular flexibility index (Phi) is 3.21. The van der Waals surface area contributed by atoms with Crippen LogP contribution in [0.2, 0.25) is 0 Å². The normalized spacial score (nSPS) is 10.8. The maximum absolute atomic E-state index is 5.89. The third kappa shape index (κ3) is 2.21. The molecule has 0 unspecified atom stereocenters. The van der Waals surface area contributed by atoms with E-state index in [0.717, 1.165) is 22.8 Å². The first-order valence-electron chi connectivity index (χ1n) is 5.91. The molecule has 0 spiro atoms. The molecule has 4 nitrogen and oxygen atoms in total. The van der Waals surface area contributed by atoms with Crippen LogP contribution >= 0.6 is 15.9 Å². The van der Waals surface area contributed by atoms with Gasteiger partial charge >= 0.3 is 0 Å². The number of hydrogen-bond donors (Lipinski definition) is 0. The second kappa shape index (κ2) is 5.01. The number of nitrogens with zero attached hydrogens (tertiary/aromatic N) is 3. The summed E-state index contributed by atoms with van der Waals surface area (Å²) in [7, 11) is 0. The van der Waals surface area contributed by atoms with Crippen molar-refractivity contribution in [3.8, 4) is 11.6 Å². The van der Waals surface area contributed by atoms with Gasteiger partial charge in [0.1, 0.15) is 5.65 Å². The number of pyridine rings is 2. The van der Waals surface area contributed by atoms with E-state index < -0.39 is 0 Å². The van der Waals surface area contributed by atoms with E-state index in [-0.39, 0.29) is 0 Å². The molecular weight excluding hydrogens is 306 g/mol. The van der Waals surface area contributed by atoms with Crippen molar-refractivity contribution < 1.29 is 4.74 Å². The lowest BCUT2D eigenvalue weighted by Crippen LogP contribution is -1.94. The van der Waals surface area contributed by atoms with Crippen LogP contribution in [0.15, 0.2) is 42.7 Å². The van der Waals surface area contributed by atoms with Gasteiger partial charge in [-0.2, -0.15) is 4.98 Å². The lowest BCUT2D eigenvalue weighted by molar-refractivity contribution is 0.455. The predicted octanol–water partition coefficient (Wildman–Crippen LogP) is 3.72. The molecule has 0 N–H and O–H groups in total. The Morgan fingerprint density at radius 3 is 2.95 bits per heavy atom. The highest BCUT2D eigenvalue weighted by atomic mass is 79.9. The SMILES string of the molecule is Cc1ncccc1Oc1nc2ccccn2c1CBr. The Bertz CT molecular complexity index is 724. The van der Waals surface area contributed by atoms with Crippen molar-refractivity contribution in [3.63, 3.8) is 0 Å². The summed E-state index contributed by atoms with van der Waals surface area (Å²) in [6, 6.07) is 9.63. The van der Waals surface area contributed by atoms with Gasteiger partial charge in [-0.1, -0.05) is 22.0 Å². The van der Waals surface area contributed by atoms with Gasteiger partial charge in [-0.05, 0) is 31.2 Å². The van der Waals surface area contributed by atoms with Crippen LogP contribution in [0.1, 0.15) is 11.4 Å². The largest absolute Gasteiger partial charge is 0.435 e. The van der Waals surface area contributed by atoms with E-state index in [1.54, 1.807) is 6.20 Å². The van der Waals surface area contributed by atoms with Crippen molar-refractivity contribution in [1.29, 1.82) is 0 Å². The van der Waals surface area contributed by atoms with Gasteiger partial charge in [0, 0.05) is 17.7 Å². The van der Waals surface area contributed by atoms with E-state index >= 15 is 0 Å². The maximum Gasteiger partial charge on any atom is 0.242 e. The molecule has 19 heavy (non-hydrogen) atoms. The van der Waals surface area contributed by atoms with Gasteiger partial charge in [0.05, 0.1) is 11.4 Å². The molecule has 0 aliphatic heterocycles. The van der Waals surface area contributed by atoms with Crippen molar-refractivity contribution in [2.45, 2.75) is 12.3 Å². The number of ether oxygens (including phenoxy) is 1. The van der Waals surface area contributed by atoms with Gasteiger partial charge < -0.3 is 4.74 Å². The molecule has 0 saturated heterocycles. The zero-order chi connectivity index (χ0) is 13.2. The predicted molar refractivity (Wildman–Crippen MR) is 76.9 cm³/mol. The number of imidazole rings is 1. The molecule has 0 radical (unpaired) electrons. The Morgan fingerprint density at radius 2 is 2.16 bits per heavy atom. The lowest BCUT2D eigenvalue weighted by Gasteiger charge is -2.06.